The van der Waals surface area contributed by atoms with Gasteiger partial charge in [0.2, 0.25) is 11.8 Å². The van der Waals surface area contributed by atoms with Gasteiger partial charge in [0.25, 0.3) is 0 Å². The van der Waals surface area contributed by atoms with Crippen LogP contribution in [0.1, 0.15) is 11.3 Å². The zero-order valence-corrected chi connectivity index (χ0v) is 9.71. The molecule has 7 nitrogen and oxygen atoms in total. The van der Waals surface area contributed by atoms with Gasteiger partial charge in [0.1, 0.15) is 11.5 Å². The zero-order valence-electron chi connectivity index (χ0n) is 9.71. The fourth-order valence-corrected chi connectivity index (χ4v) is 1.70. The van der Waals surface area contributed by atoms with E-state index in [-0.39, 0.29) is 23.9 Å². The molecule has 2 aromatic rings. The van der Waals surface area contributed by atoms with E-state index < -0.39 is 16.4 Å². The van der Waals surface area contributed by atoms with Gasteiger partial charge in [-0.25, -0.2) is 9.37 Å². The number of anilines is 2. The van der Waals surface area contributed by atoms with Crippen molar-refractivity contribution in [2.45, 2.75) is 6.42 Å². The van der Waals surface area contributed by atoms with Gasteiger partial charge in [0.15, 0.2) is 0 Å². The van der Waals surface area contributed by atoms with Crippen LogP contribution in [-0.2, 0) is 6.42 Å². The third-order valence-corrected chi connectivity index (χ3v) is 2.44. The summed E-state index contributed by atoms with van der Waals surface area (Å²) in [4.78, 5) is 17.6. The van der Waals surface area contributed by atoms with Gasteiger partial charge in [-0.15, -0.1) is 0 Å². The lowest BCUT2D eigenvalue weighted by molar-refractivity contribution is -0.385. The quantitative estimate of drug-likeness (QED) is 0.635. The first-order chi connectivity index (χ1) is 8.97. The number of nitrogens with two attached hydrogens (primary N) is 2. The highest BCUT2D eigenvalue weighted by Crippen LogP contribution is 2.26. The fraction of sp³-hybridized carbons (Fsp3) is 0.0909. The summed E-state index contributed by atoms with van der Waals surface area (Å²) in [5, 5.41) is 10.9. The summed E-state index contributed by atoms with van der Waals surface area (Å²) >= 11 is 0. The first kappa shape index (κ1) is 12.7. The average Bonchev–Trinajstić information content (AvgIpc) is 2.26. The normalized spacial score (nSPS) is 10.4. The van der Waals surface area contributed by atoms with E-state index >= 15 is 0 Å². The monoisotopic (exact) mass is 263 g/mol. The van der Waals surface area contributed by atoms with Crippen molar-refractivity contribution in [3.05, 3.63) is 51.5 Å². The molecule has 0 spiro atoms. The Hall–Kier alpha value is -2.77. The molecule has 0 aliphatic carbocycles. The predicted octanol–water partition coefficient (Wildman–Crippen LogP) is 1.28. The first-order valence-corrected chi connectivity index (χ1v) is 5.28. The van der Waals surface area contributed by atoms with Gasteiger partial charge in [-0.2, -0.15) is 4.98 Å². The summed E-state index contributed by atoms with van der Waals surface area (Å²) < 4.78 is 13.1. The molecule has 0 saturated heterocycles. The Bertz CT molecular complexity index is 647. The molecule has 0 unspecified atom stereocenters. The Labute approximate surface area is 107 Å². The van der Waals surface area contributed by atoms with Gasteiger partial charge >= 0.3 is 5.69 Å². The summed E-state index contributed by atoms with van der Waals surface area (Å²) in [5.74, 6) is -0.895. The minimum atomic E-state index is -0.677. The van der Waals surface area contributed by atoms with Crippen LogP contribution in [0.4, 0.5) is 21.8 Å². The molecule has 8 heteroatoms. The van der Waals surface area contributed by atoms with E-state index in [9.17, 15) is 14.5 Å². The summed E-state index contributed by atoms with van der Waals surface area (Å²) in [6.07, 6.45) is 0.0466. The Kier molecular flexibility index (Phi) is 3.23. The summed E-state index contributed by atoms with van der Waals surface area (Å²) in [6, 6.07) is 5.67. The Morgan fingerprint density at radius 1 is 1.32 bits per heavy atom. The molecule has 0 bridgehead atoms. The van der Waals surface area contributed by atoms with Crippen LogP contribution in [0.5, 0.6) is 0 Å². The topological polar surface area (TPSA) is 121 Å². The van der Waals surface area contributed by atoms with E-state index in [1.54, 1.807) is 6.07 Å². The molecule has 2 rings (SSSR count). The van der Waals surface area contributed by atoms with Crippen LogP contribution in [0.25, 0.3) is 0 Å². The third kappa shape index (κ3) is 2.73. The molecule has 0 saturated carbocycles. The van der Waals surface area contributed by atoms with Crippen molar-refractivity contribution in [1.82, 2.24) is 9.97 Å². The third-order valence-electron chi connectivity index (χ3n) is 2.44. The highest BCUT2D eigenvalue weighted by molar-refractivity contribution is 5.58. The number of rotatable bonds is 3. The second-order valence-corrected chi connectivity index (χ2v) is 3.83. The number of aromatic nitrogens is 2. The van der Waals surface area contributed by atoms with E-state index in [4.69, 9.17) is 11.5 Å². The van der Waals surface area contributed by atoms with Crippen molar-refractivity contribution in [1.29, 1.82) is 0 Å². The second kappa shape index (κ2) is 4.84. The number of benzene rings is 1. The van der Waals surface area contributed by atoms with Crippen LogP contribution in [-0.4, -0.2) is 14.9 Å². The predicted molar refractivity (Wildman–Crippen MR) is 66.7 cm³/mol. The molecule has 4 N–H and O–H groups in total. The summed E-state index contributed by atoms with van der Waals surface area (Å²) in [5.41, 5.74) is 11.1. The van der Waals surface area contributed by atoms with E-state index in [2.05, 4.69) is 9.97 Å². The minimum absolute atomic E-state index is 0.0466. The molecular formula is C11H10FN5O2. The Morgan fingerprint density at radius 3 is 2.68 bits per heavy atom. The van der Waals surface area contributed by atoms with Crippen LogP contribution in [0.15, 0.2) is 24.3 Å². The standard InChI is InChI=1S/C11H10FN5O2/c12-7-3-1-2-6(4-7)5-8-9(17(18)19)10(13)16-11(14)15-8/h1-4H,5H2,(H4,13,14,15,16). The highest BCUT2D eigenvalue weighted by atomic mass is 19.1. The van der Waals surface area contributed by atoms with Crippen LogP contribution >= 0.6 is 0 Å². The zero-order chi connectivity index (χ0) is 14.0. The Balaban J connectivity index is 2.47. The van der Waals surface area contributed by atoms with Crippen LogP contribution in [0.3, 0.4) is 0 Å². The first-order valence-electron chi connectivity index (χ1n) is 5.28. The van der Waals surface area contributed by atoms with E-state index in [1.807, 2.05) is 0 Å². The molecule has 19 heavy (non-hydrogen) atoms. The maximum Gasteiger partial charge on any atom is 0.332 e. The van der Waals surface area contributed by atoms with Gasteiger partial charge in [0.05, 0.1) is 4.92 Å². The number of hydrogen-bond acceptors (Lipinski definition) is 6. The molecule has 0 aliphatic rings. The van der Waals surface area contributed by atoms with Crippen LogP contribution < -0.4 is 11.5 Å². The lowest BCUT2D eigenvalue weighted by Crippen LogP contribution is -2.09. The Morgan fingerprint density at radius 2 is 2.05 bits per heavy atom. The molecule has 1 aromatic heterocycles. The molecular weight excluding hydrogens is 253 g/mol. The molecule has 0 amide bonds. The maximum absolute atomic E-state index is 13.1. The van der Waals surface area contributed by atoms with Crippen molar-refractivity contribution in [3.8, 4) is 0 Å². The van der Waals surface area contributed by atoms with Crippen LogP contribution in [0.2, 0.25) is 0 Å². The number of nitro groups is 1. The number of halogens is 1. The number of nitrogen functional groups attached to an aromatic ring is 2. The smallest absolute Gasteiger partial charge is 0.332 e. The fourth-order valence-electron chi connectivity index (χ4n) is 1.70. The van der Waals surface area contributed by atoms with Crippen molar-refractivity contribution < 1.29 is 9.31 Å². The lowest BCUT2D eigenvalue weighted by atomic mass is 10.1. The summed E-state index contributed by atoms with van der Waals surface area (Å²) in [7, 11) is 0. The SMILES string of the molecule is Nc1nc(N)c([N+](=O)[O-])c(Cc2cccc(F)c2)n1. The largest absolute Gasteiger partial charge is 0.378 e. The molecule has 0 aliphatic heterocycles. The van der Waals surface area contributed by atoms with E-state index in [1.165, 1.54) is 18.2 Å². The van der Waals surface area contributed by atoms with Gasteiger partial charge in [-0.05, 0) is 17.7 Å². The lowest BCUT2D eigenvalue weighted by Gasteiger charge is -2.05. The van der Waals surface area contributed by atoms with Gasteiger partial charge < -0.3 is 11.5 Å². The van der Waals surface area contributed by atoms with E-state index in [0.29, 0.717) is 5.56 Å². The molecule has 1 heterocycles. The van der Waals surface area contributed by atoms with Crippen molar-refractivity contribution in [2.75, 3.05) is 11.5 Å². The molecule has 0 atom stereocenters. The van der Waals surface area contributed by atoms with Crippen molar-refractivity contribution >= 4 is 17.5 Å². The second-order valence-electron chi connectivity index (χ2n) is 3.83. The van der Waals surface area contributed by atoms with Crippen LogP contribution in [0, 0.1) is 15.9 Å². The minimum Gasteiger partial charge on any atom is -0.378 e. The molecule has 98 valence electrons. The number of nitrogens with zero attached hydrogens (tertiary/aromatic N) is 3. The van der Waals surface area contributed by atoms with Gasteiger partial charge in [-0.1, -0.05) is 12.1 Å². The van der Waals surface area contributed by atoms with Gasteiger partial charge in [0, 0.05) is 6.42 Å². The molecule has 1 aromatic carbocycles. The van der Waals surface area contributed by atoms with E-state index in [0.717, 1.165) is 0 Å². The molecule has 0 fully saturated rings. The number of hydrogen-bond donors (Lipinski definition) is 2. The highest BCUT2D eigenvalue weighted by Gasteiger charge is 2.22. The van der Waals surface area contributed by atoms with Gasteiger partial charge in [-0.3, -0.25) is 10.1 Å². The molecule has 0 radical (unpaired) electrons. The maximum atomic E-state index is 13.1. The summed E-state index contributed by atoms with van der Waals surface area (Å²) in [6.45, 7) is 0. The van der Waals surface area contributed by atoms with Crippen molar-refractivity contribution in [3.63, 3.8) is 0 Å². The average molecular weight is 263 g/mol. The van der Waals surface area contributed by atoms with Crippen molar-refractivity contribution in [2.24, 2.45) is 0 Å².